The molecule has 1 heterocycles. The van der Waals surface area contributed by atoms with Gasteiger partial charge in [-0.15, -0.1) is 0 Å². The maximum Gasteiger partial charge on any atom is 0.214 e. The Labute approximate surface area is 130 Å². The third kappa shape index (κ3) is 3.48. The van der Waals surface area contributed by atoms with Crippen molar-refractivity contribution >= 4 is 21.1 Å². The van der Waals surface area contributed by atoms with Crippen LogP contribution >= 0.6 is 0 Å². The normalized spacial score (nSPS) is 17.0. The second-order valence-electron chi connectivity index (χ2n) is 5.90. The molecule has 6 nitrogen and oxygen atoms in total. The lowest BCUT2D eigenvalue weighted by atomic mass is 10.2. The molecular formula is C15H21N3O3S. The predicted molar refractivity (Wildman–Crippen MR) is 85.0 cm³/mol. The van der Waals surface area contributed by atoms with Gasteiger partial charge in [-0.1, -0.05) is 12.1 Å². The molecule has 2 N–H and O–H groups in total. The zero-order chi connectivity index (χ0) is 15.7. The summed E-state index contributed by atoms with van der Waals surface area (Å²) in [6.45, 7) is 4.78. The molecule has 0 saturated heterocycles. The lowest BCUT2D eigenvalue weighted by Gasteiger charge is -2.13. The fraction of sp³-hybridized carbons (Fsp3) is 0.533. The van der Waals surface area contributed by atoms with Crippen LogP contribution in [-0.2, 0) is 16.6 Å². The summed E-state index contributed by atoms with van der Waals surface area (Å²) in [4.78, 5) is 4.46. The molecule has 1 aromatic heterocycles. The van der Waals surface area contributed by atoms with Gasteiger partial charge in [0.15, 0.2) is 5.58 Å². The fourth-order valence-electron chi connectivity index (χ4n) is 2.28. The van der Waals surface area contributed by atoms with Crippen molar-refractivity contribution in [3.8, 4) is 0 Å². The zero-order valence-corrected chi connectivity index (χ0v) is 13.6. The summed E-state index contributed by atoms with van der Waals surface area (Å²) in [7, 11) is -3.12. The van der Waals surface area contributed by atoms with E-state index in [4.69, 9.17) is 4.42 Å². The number of aromatic nitrogens is 1. The van der Waals surface area contributed by atoms with Crippen molar-refractivity contribution in [2.45, 2.75) is 44.5 Å². The first-order valence-electron chi connectivity index (χ1n) is 7.52. The van der Waals surface area contributed by atoms with Gasteiger partial charge in [-0.05, 0) is 38.3 Å². The van der Waals surface area contributed by atoms with E-state index in [1.807, 2.05) is 32.0 Å². The van der Waals surface area contributed by atoms with Crippen LogP contribution in [0.5, 0.6) is 0 Å². The van der Waals surface area contributed by atoms with Gasteiger partial charge in [-0.25, -0.2) is 18.1 Å². The molecular weight excluding hydrogens is 302 g/mol. The minimum absolute atomic E-state index is 0.00429. The van der Waals surface area contributed by atoms with Gasteiger partial charge >= 0.3 is 0 Å². The van der Waals surface area contributed by atoms with Crippen molar-refractivity contribution in [3.05, 3.63) is 29.7 Å². The summed E-state index contributed by atoms with van der Waals surface area (Å²) >= 11 is 0. The number of rotatable bonds is 7. The molecule has 22 heavy (non-hydrogen) atoms. The molecule has 0 spiro atoms. The summed E-state index contributed by atoms with van der Waals surface area (Å²) in [5.74, 6) is 0.612. The summed E-state index contributed by atoms with van der Waals surface area (Å²) in [5, 5.41) is 3.05. The van der Waals surface area contributed by atoms with Crippen molar-refractivity contribution in [1.82, 2.24) is 15.0 Å². The van der Waals surface area contributed by atoms with Crippen LogP contribution in [0.2, 0.25) is 0 Å². The lowest BCUT2D eigenvalue weighted by Crippen LogP contribution is -2.39. The van der Waals surface area contributed by atoms with Crippen molar-refractivity contribution in [1.29, 1.82) is 0 Å². The van der Waals surface area contributed by atoms with Gasteiger partial charge in [0, 0.05) is 12.6 Å². The molecule has 0 amide bonds. The monoisotopic (exact) mass is 323 g/mol. The number of hydrogen-bond acceptors (Lipinski definition) is 5. The number of aryl methyl sites for hydroxylation is 1. The highest BCUT2D eigenvalue weighted by Gasteiger charge is 2.35. The van der Waals surface area contributed by atoms with Gasteiger partial charge in [0.25, 0.3) is 0 Å². The maximum atomic E-state index is 11.8. The number of oxazole rings is 1. The maximum absolute atomic E-state index is 11.8. The molecule has 1 aliphatic carbocycles. The molecule has 1 aromatic carbocycles. The number of hydrogen-bond donors (Lipinski definition) is 2. The van der Waals surface area contributed by atoms with Crippen LogP contribution in [0, 0.1) is 6.92 Å². The van der Waals surface area contributed by atoms with E-state index in [2.05, 4.69) is 15.0 Å². The van der Waals surface area contributed by atoms with Crippen LogP contribution in [0.4, 0.5) is 0 Å². The van der Waals surface area contributed by atoms with Crippen LogP contribution in [0.15, 0.2) is 22.6 Å². The number of nitrogens with one attached hydrogen (secondary N) is 2. The van der Waals surface area contributed by atoms with Gasteiger partial charge < -0.3 is 9.73 Å². The molecule has 0 radical (unpaired) electrons. The Bertz CT molecular complexity index is 765. The molecule has 0 bridgehead atoms. The molecule has 7 heteroatoms. The minimum atomic E-state index is -3.12. The average molecular weight is 323 g/mol. The van der Waals surface area contributed by atoms with Crippen molar-refractivity contribution in [2.24, 2.45) is 0 Å². The van der Waals surface area contributed by atoms with E-state index in [1.54, 1.807) is 0 Å². The van der Waals surface area contributed by atoms with Gasteiger partial charge in [0.05, 0.1) is 11.8 Å². The van der Waals surface area contributed by atoms with Gasteiger partial charge in [0.1, 0.15) is 5.52 Å². The number of para-hydroxylation sites is 1. The number of nitrogens with zero attached hydrogens (tertiary/aromatic N) is 1. The Kier molecular flexibility index (Phi) is 4.20. The predicted octanol–water partition coefficient (Wildman–Crippen LogP) is 1.70. The molecule has 1 fully saturated rings. The number of fused-ring (bicyclic) bond motifs is 1. The van der Waals surface area contributed by atoms with E-state index in [0.29, 0.717) is 19.0 Å². The first kappa shape index (κ1) is 15.5. The number of benzene rings is 1. The summed E-state index contributed by atoms with van der Waals surface area (Å²) in [6.07, 6.45) is 1.55. The van der Waals surface area contributed by atoms with Crippen molar-refractivity contribution in [3.63, 3.8) is 0 Å². The standard InChI is InChI=1S/C15H21N3O3S/c1-10-4-3-5-13-15(10)18-14(21-13)9-16-11(2)8-17-22(19,20)12-6-7-12/h3-5,11-12,16-17H,6-9H2,1-2H3. The van der Waals surface area contributed by atoms with Gasteiger partial charge in [0.2, 0.25) is 15.9 Å². The molecule has 120 valence electrons. The second kappa shape index (κ2) is 5.98. The van der Waals surface area contributed by atoms with Crippen LogP contribution in [0.3, 0.4) is 0 Å². The molecule has 3 rings (SSSR count). The van der Waals surface area contributed by atoms with E-state index in [0.717, 1.165) is 29.5 Å². The SMILES string of the molecule is Cc1cccc2oc(CNC(C)CNS(=O)(=O)C3CC3)nc12. The van der Waals surface area contributed by atoms with E-state index < -0.39 is 10.0 Å². The second-order valence-corrected chi connectivity index (χ2v) is 7.95. The summed E-state index contributed by atoms with van der Waals surface area (Å²) in [6, 6.07) is 5.84. The highest BCUT2D eigenvalue weighted by atomic mass is 32.2. The Morgan fingerprint density at radius 2 is 2.18 bits per heavy atom. The minimum Gasteiger partial charge on any atom is -0.439 e. The van der Waals surface area contributed by atoms with Gasteiger partial charge in [-0.2, -0.15) is 0 Å². The Morgan fingerprint density at radius 1 is 1.41 bits per heavy atom. The summed E-state index contributed by atoms with van der Waals surface area (Å²) in [5.41, 5.74) is 2.73. The van der Waals surface area contributed by atoms with Gasteiger partial charge in [-0.3, -0.25) is 0 Å². The highest BCUT2D eigenvalue weighted by Crippen LogP contribution is 2.27. The fourth-order valence-corrected chi connectivity index (χ4v) is 3.75. The van der Waals surface area contributed by atoms with E-state index >= 15 is 0 Å². The molecule has 1 aliphatic rings. The first-order chi connectivity index (χ1) is 10.5. The van der Waals surface area contributed by atoms with Crippen molar-refractivity contribution in [2.75, 3.05) is 6.54 Å². The topological polar surface area (TPSA) is 84.2 Å². The highest BCUT2D eigenvalue weighted by molar-refractivity contribution is 7.90. The van der Waals surface area contributed by atoms with E-state index in [-0.39, 0.29) is 11.3 Å². The Morgan fingerprint density at radius 3 is 2.86 bits per heavy atom. The molecule has 1 unspecified atom stereocenters. The largest absolute Gasteiger partial charge is 0.439 e. The molecule has 2 aromatic rings. The lowest BCUT2D eigenvalue weighted by molar-refractivity contribution is 0.456. The average Bonchev–Trinajstić information content (AvgIpc) is 3.25. The van der Waals surface area contributed by atoms with E-state index in [9.17, 15) is 8.42 Å². The Hall–Kier alpha value is -1.44. The summed E-state index contributed by atoms with van der Waals surface area (Å²) < 4.78 is 31.8. The molecule has 1 saturated carbocycles. The van der Waals surface area contributed by atoms with Crippen LogP contribution < -0.4 is 10.0 Å². The van der Waals surface area contributed by atoms with Crippen LogP contribution in [0.1, 0.15) is 31.2 Å². The van der Waals surface area contributed by atoms with E-state index in [1.165, 1.54) is 0 Å². The first-order valence-corrected chi connectivity index (χ1v) is 9.07. The van der Waals surface area contributed by atoms with Crippen LogP contribution in [0.25, 0.3) is 11.1 Å². The quantitative estimate of drug-likeness (QED) is 0.810. The van der Waals surface area contributed by atoms with Crippen LogP contribution in [-0.4, -0.2) is 31.2 Å². The Balaban J connectivity index is 1.53. The smallest absolute Gasteiger partial charge is 0.214 e. The third-order valence-electron chi connectivity index (χ3n) is 3.82. The molecule has 0 aliphatic heterocycles. The zero-order valence-electron chi connectivity index (χ0n) is 12.8. The number of sulfonamides is 1. The molecule has 1 atom stereocenters. The third-order valence-corrected chi connectivity index (χ3v) is 5.74. The van der Waals surface area contributed by atoms with Crippen molar-refractivity contribution < 1.29 is 12.8 Å².